The van der Waals surface area contributed by atoms with Crippen molar-refractivity contribution in [2.24, 2.45) is 0 Å². The second-order valence-corrected chi connectivity index (χ2v) is 6.28. The molecule has 2 amide bonds. The van der Waals surface area contributed by atoms with Gasteiger partial charge in [0.05, 0.1) is 5.69 Å². The minimum Gasteiger partial charge on any atom is -0.338 e. The van der Waals surface area contributed by atoms with Crippen LogP contribution in [0.3, 0.4) is 0 Å². The molecule has 0 aromatic carbocycles. The SMILES string of the molecule is Cc1csc(NC(=O)NCCCc2nnc3n2CCCC3)n1. The van der Waals surface area contributed by atoms with Crippen molar-refractivity contribution in [3.05, 3.63) is 22.7 Å². The summed E-state index contributed by atoms with van der Waals surface area (Å²) >= 11 is 1.43. The Labute approximate surface area is 133 Å². The quantitative estimate of drug-likeness (QED) is 0.827. The summed E-state index contributed by atoms with van der Waals surface area (Å²) in [7, 11) is 0. The van der Waals surface area contributed by atoms with Crippen molar-refractivity contribution >= 4 is 22.5 Å². The average molecular weight is 320 g/mol. The monoisotopic (exact) mass is 320 g/mol. The van der Waals surface area contributed by atoms with Gasteiger partial charge in [0, 0.05) is 31.3 Å². The third kappa shape index (κ3) is 3.62. The molecule has 118 valence electrons. The fraction of sp³-hybridized carbons (Fsp3) is 0.571. The number of rotatable bonds is 5. The Morgan fingerprint density at radius 2 is 2.32 bits per heavy atom. The summed E-state index contributed by atoms with van der Waals surface area (Å²) in [5, 5.41) is 16.6. The number of anilines is 1. The van der Waals surface area contributed by atoms with Crippen LogP contribution in [0.1, 0.15) is 36.6 Å². The summed E-state index contributed by atoms with van der Waals surface area (Å²) in [6.45, 7) is 3.53. The van der Waals surface area contributed by atoms with Gasteiger partial charge in [0.25, 0.3) is 0 Å². The Hall–Kier alpha value is -1.96. The molecule has 0 atom stereocenters. The largest absolute Gasteiger partial charge is 0.338 e. The molecule has 0 radical (unpaired) electrons. The highest BCUT2D eigenvalue weighted by atomic mass is 32.1. The average Bonchev–Trinajstić information content (AvgIpc) is 3.10. The smallest absolute Gasteiger partial charge is 0.321 e. The van der Waals surface area contributed by atoms with E-state index in [4.69, 9.17) is 0 Å². The lowest BCUT2D eigenvalue weighted by Crippen LogP contribution is -2.29. The van der Waals surface area contributed by atoms with E-state index >= 15 is 0 Å². The van der Waals surface area contributed by atoms with E-state index < -0.39 is 0 Å². The zero-order chi connectivity index (χ0) is 15.4. The molecule has 3 rings (SSSR count). The summed E-state index contributed by atoms with van der Waals surface area (Å²) in [5.41, 5.74) is 0.914. The van der Waals surface area contributed by atoms with Gasteiger partial charge in [-0.05, 0) is 26.2 Å². The Kier molecular flexibility index (Phi) is 4.67. The third-order valence-corrected chi connectivity index (χ3v) is 4.51. The lowest BCUT2D eigenvalue weighted by atomic mass is 10.1. The molecule has 0 saturated heterocycles. The molecule has 1 aliphatic rings. The van der Waals surface area contributed by atoms with Crippen LogP contribution in [0, 0.1) is 6.92 Å². The summed E-state index contributed by atoms with van der Waals surface area (Å²) in [6, 6.07) is -0.211. The predicted octanol–water partition coefficient (Wildman–Crippen LogP) is 2.13. The van der Waals surface area contributed by atoms with Crippen LogP contribution in [0.5, 0.6) is 0 Å². The Morgan fingerprint density at radius 1 is 1.41 bits per heavy atom. The number of nitrogens with zero attached hydrogens (tertiary/aromatic N) is 4. The number of hydrogen-bond acceptors (Lipinski definition) is 5. The van der Waals surface area contributed by atoms with E-state index in [9.17, 15) is 4.79 Å². The molecular weight excluding hydrogens is 300 g/mol. The molecule has 0 fully saturated rings. The van der Waals surface area contributed by atoms with E-state index in [2.05, 4.69) is 30.4 Å². The molecule has 3 heterocycles. The molecule has 7 nitrogen and oxygen atoms in total. The summed E-state index contributed by atoms with van der Waals surface area (Å²) in [6.07, 6.45) is 5.12. The number of thiazole rings is 1. The minimum absolute atomic E-state index is 0.211. The molecule has 8 heteroatoms. The third-order valence-electron chi connectivity index (χ3n) is 3.64. The first-order chi connectivity index (χ1) is 10.7. The fourth-order valence-corrected chi connectivity index (χ4v) is 3.24. The van der Waals surface area contributed by atoms with Crippen LogP contribution >= 0.6 is 11.3 Å². The standard InChI is InChI=1S/C14H20N6OS/c1-10-9-22-14(16-10)17-13(21)15-7-4-6-12-19-18-11-5-2-3-8-20(11)12/h9H,2-8H2,1H3,(H2,15,16,17,21). The summed E-state index contributed by atoms with van der Waals surface area (Å²) < 4.78 is 2.22. The molecule has 0 spiro atoms. The van der Waals surface area contributed by atoms with Crippen molar-refractivity contribution in [3.63, 3.8) is 0 Å². The first-order valence-corrected chi connectivity index (χ1v) is 8.48. The van der Waals surface area contributed by atoms with Crippen LogP contribution in [0.15, 0.2) is 5.38 Å². The van der Waals surface area contributed by atoms with Gasteiger partial charge in [0.1, 0.15) is 11.6 Å². The van der Waals surface area contributed by atoms with Crippen LogP contribution in [-0.2, 0) is 19.4 Å². The summed E-state index contributed by atoms with van der Waals surface area (Å²) in [5.74, 6) is 2.14. The first kappa shape index (κ1) is 15.0. The number of hydrogen-bond donors (Lipinski definition) is 2. The Morgan fingerprint density at radius 3 is 3.14 bits per heavy atom. The van der Waals surface area contributed by atoms with Crippen molar-refractivity contribution in [2.45, 2.75) is 45.6 Å². The van der Waals surface area contributed by atoms with Crippen molar-refractivity contribution in [1.29, 1.82) is 0 Å². The normalized spacial score (nSPS) is 13.7. The summed E-state index contributed by atoms with van der Waals surface area (Å²) in [4.78, 5) is 15.9. The zero-order valence-electron chi connectivity index (χ0n) is 12.6. The van der Waals surface area contributed by atoms with Crippen LogP contribution in [0.2, 0.25) is 0 Å². The number of carbonyl (C=O) groups excluding carboxylic acids is 1. The van der Waals surface area contributed by atoms with Gasteiger partial charge in [-0.15, -0.1) is 21.5 Å². The maximum absolute atomic E-state index is 11.7. The van der Waals surface area contributed by atoms with Crippen molar-refractivity contribution in [1.82, 2.24) is 25.1 Å². The van der Waals surface area contributed by atoms with Crippen molar-refractivity contribution < 1.29 is 4.79 Å². The first-order valence-electron chi connectivity index (χ1n) is 7.60. The van der Waals surface area contributed by atoms with Gasteiger partial charge >= 0.3 is 6.03 Å². The van der Waals surface area contributed by atoms with Gasteiger partial charge in [0.2, 0.25) is 0 Å². The number of amides is 2. The van der Waals surface area contributed by atoms with Crippen molar-refractivity contribution in [3.8, 4) is 0 Å². The van der Waals surface area contributed by atoms with Crippen LogP contribution < -0.4 is 10.6 Å². The lowest BCUT2D eigenvalue weighted by Gasteiger charge is -2.14. The fourth-order valence-electron chi connectivity index (χ4n) is 2.55. The van der Waals surface area contributed by atoms with E-state index in [-0.39, 0.29) is 6.03 Å². The van der Waals surface area contributed by atoms with Crippen LogP contribution in [0.25, 0.3) is 0 Å². The molecule has 2 N–H and O–H groups in total. The molecule has 0 unspecified atom stereocenters. The molecule has 0 bridgehead atoms. The van der Waals surface area contributed by atoms with Gasteiger partial charge < -0.3 is 9.88 Å². The van der Waals surface area contributed by atoms with E-state index in [0.29, 0.717) is 11.7 Å². The van der Waals surface area contributed by atoms with E-state index in [0.717, 1.165) is 43.1 Å². The Balaban J connectivity index is 1.40. The topological polar surface area (TPSA) is 84.7 Å². The molecule has 22 heavy (non-hydrogen) atoms. The highest BCUT2D eigenvalue weighted by molar-refractivity contribution is 7.13. The number of fused-ring (bicyclic) bond motifs is 1. The minimum atomic E-state index is -0.211. The molecular formula is C14H20N6OS. The zero-order valence-corrected chi connectivity index (χ0v) is 13.4. The van der Waals surface area contributed by atoms with Gasteiger partial charge in [0.15, 0.2) is 5.13 Å². The van der Waals surface area contributed by atoms with Crippen LogP contribution in [0.4, 0.5) is 9.93 Å². The second kappa shape index (κ2) is 6.87. The second-order valence-electron chi connectivity index (χ2n) is 5.42. The number of urea groups is 1. The van der Waals surface area contributed by atoms with Crippen LogP contribution in [-0.4, -0.2) is 32.3 Å². The molecule has 2 aromatic rings. The lowest BCUT2D eigenvalue weighted by molar-refractivity contribution is 0.252. The Bertz CT molecular complexity index is 650. The molecule has 1 aliphatic heterocycles. The number of aryl methyl sites for hydroxylation is 3. The molecule has 2 aromatic heterocycles. The number of carbonyl (C=O) groups is 1. The van der Waals surface area contributed by atoms with Crippen molar-refractivity contribution in [2.75, 3.05) is 11.9 Å². The number of aromatic nitrogens is 4. The van der Waals surface area contributed by atoms with Gasteiger partial charge in [-0.2, -0.15) is 0 Å². The van der Waals surface area contributed by atoms with Gasteiger partial charge in [-0.3, -0.25) is 5.32 Å². The van der Waals surface area contributed by atoms with E-state index in [1.54, 1.807) is 0 Å². The highest BCUT2D eigenvalue weighted by Gasteiger charge is 2.15. The molecule has 0 saturated carbocycles. The van der Waals surface area contributed by atoms with E-state index in [1.165, 1.54) is 24.2 Å². The van der Waals surface area contributed by atoms with Gasteiger partial charge in [-0.25, -0.2) is 9.78 Å². The highest BCUT2D eigenvalue weighted by Crippen LogP contribution is 2.15. The maximum atomic E-state index is 11.7. The maximum Gasteiger partial charge on any atom is 0.321 e. The predicted molar refractivity (Wildman–Crippen MR) is 85.2 cm³/mol. The number of nitrogens with one attached hydrogen (secondary N) is 2. The van der Waals surface area contributed by atoms with E-state index in [1.807, 2.05) is 12.3 Å². The molecule has 0 aliphatic carbocycles. The van der Waals surface area contributed by atoms with Gasteiger partial charge in [-0.1, -0.05) is 0 Å².